The summed E-state index contributed by atoms with van der Waals surface area (Å²) < 4.78 is 18.3. The smallest absolute Gasteiger partial charge is 0.123 e. The topological polar surface area (TPSA) is 45.0 Å². The van der Waals surface area contributed by atoms with Crippen LogP contribution in [0.4, 0.5) is 10.1 Å². The molecule has 0 unspecified atom stereocenters. The van der Waals surface area contributed by atoms with E-state index in [1.807, 2.05) is 6.92 Å². The third-order valence-electron chi connectivity index (χ3n) is 3.07. The van der Waals surface area contributed by atoms with Crippen LogP contribution >= 0.6 is 0 Å². The standard InChI is InChI=1S/C16H15FN2O/c1-11-7-14(17)4-5-15(11)19-10-13-8-12(9-18)3-6-16(13)20-2/h3-8,19H,10H2,1-2H3. The Bertz CT molecular complexity index is 662. The quantitative estimate of drug-likeness (QED) is 0.922. The molecule has 0 aliphatic carbocycles. The van der Waals surface area contributed by atoms with Gasteiger partial charge in [-0.1, -0.05) is 0 Å². The first kappa shape index (κ1) is 13.9. The molecule has 2 aromatic carbocycles. The molecule has 0 bridgehead atoms. The van der Waals surface area contributed by atoms with Gasteiger partial charge in [-0.15, -0.1) is 0 Å². The first-order valence-electron chi connectivity index (χ1n) is 6.21. The molecule has 3 nitrogen and oxygen atoms in total. The van der Waals surface area contributed by atoms with E-state index in [1.54, 1.807) is 31.4 Å². The molecule has 0 radical (unpaired) electrons. The van der Waals surface area contributed by atoms with Crippen LogP contribution in [0.3, 0.4) is 0 Å². The fourth-order valence-electron chi connectivity index (χ4n) is 2.00. The van der Waals surface area contributed by atoms with Crippen LogP contribution in [0, 0.1) is 24.1 Å². The Labute approximate surface area is 117 Å². The number of rotatable bonds is 4. The molecule has 0 aromatic heterocycles. The number of methoxy groups -OCH3 is 1. The average molecular weight is 270 g/mol. The lowest BCUT2D eigenvalue weighted by atomic mass is 10.1. The second-order valence-electron chi connectivity index (χ2n) is 4.45. The van der Waals surface area contributed by atoms with Gasteiger partial charge in [-0.2, -0.15) is 5.26 Å². The Kier molecular flexibility index (Phi) is 4.21. The fourth-order valence-corrected chi connectivity index (χ4v) is 2.00. The van der Waals surface area contributed by atoms with Crippen molar-refractivity contribution in [2.24, 2.45) is 0 Å². The Morgan fingerprint density at radius 1 is 1.25 bits per heavy atom. The van der Waals surface area contributed by atoms with Gasteiger partial charge in [0.15, 0.2) is 0 Å². The maximum absolute atomic E-state index is 13.0. The van der Waals surface area contributed by atoms with Crippen molar-refractivity contribution in [2.45, 2.75) is 13.5 Å². The van der Waals surface area contributed by atoms with Gasteiger partial charge in [0.1, 0.15) is 11.6 Å². The van der Waals surface area contributed by atoms with Gasteiger partial charge in [0.2, 0.25) is 0 Å². The van der Waals surface area contributed by atoms with Crippen LogP contribution < -0.4 is 10.1 Å². The molecule has 20 heavy (non-hydrogen) atoms. The summed E-state index contributed by atoms with van der Waals surface area (Å²) >= 11 is 0. The summed E-state index contributed by atoms with van der Waals surface area (Å²) in [5.41, 5.74) is 3.16. The van der Waals surface area contributed by atoms with E-state index in [4.69, 9.17) is 10.00 Å². The zero-order valence-electron chi connectivity index (χ0n) is 11.4. The molecule has 102 valence electrons. The Morgan fingerprint density at radius 3 is 2.70 bits per heavy atom. The minimum absolute atomic E-state index is 0.253. The van der Waals surface area contributed by atoms with Crippen LogP contribution in [0.25, 0.3) is 0 Å². The minimum Gasteiger partial charge on any atom is -0.496 e. The van der Waals surface area contributed by atoms with Crippen LogP contribution in [0.5, 0.6) is 5.75 Å². The lowest BCUT2D eigenvalue weighted by molar-refractivity contribution is 0.410. The lowest BCUT2D eigenvalue weighted by Gasteiger charge is -2.12. The largest absolute Gasteiger partial charge is 0.496 e. The number of nitrogens with zero attached hydrogens (tertiary/aromatic N) is 1. The van der Waals surface area contributed by atoms with Crippen molar-refractivity contribution in [2.75, 3.05) is 12.4 Å². The third-order valence-corrected chi connectivity index (χ3v) is 3.07. The van der Waals surface area contributed by atoms with Crippen molar-refractivity contribution in [3.8, 4) is 11.8 Å². The molecule has 0 heterocycles. The Hall–Kier alpha value is -2.54. The van der Waals surface area contributed by atoms with E-state index in [-0.39, 0.29) is 5.82 Å². The van der Waals surface area contributed by atoms with Gasteiger partial charge >= 0.3 is 0 Å². The van der Waals surface area contributed by atoms with Gasteiger partial charge in [-0.05, 0) is 48.9 Å². The second-order valence-corrected chi connectivity index (χ2v) is 4.45. The normalized spacial score (nSPS) is 9.90. The molecule has 2 aromatic rings. The summed E-state index contributed by atoms with van der Waals surface area (Å²) in [6, 6.07) is 12.0. The number of hydrogen-bond acceptors (Lipinski definition) is 3. The van der Waals surface area contributed by atoms with Crippen molar-refractivity contribution < 1.29 is 9.13 Å². The third kappa shape index (κ3) is 3.07. The summed E-state index contributed by atoms with van der Waals surface area (Å²) in [5, 5.41) is 12.2. The van der Waals surface area contributed by atoms with Crippen molar-refractivity contribution in [3.63, 3.8) is 0 Å². The van der Waals surface area contributed by atoms with Gasteiger partial charge in [0, 0.05) is 17.8 Å². The molecule has 2 rings (SSSR count). The zero-order chi connectivity index (χ0) is 14.5. The molecule has 1 N–H and O–H groups in total. The summed E-state index contributed by atoms with van der Waals surface area (Å²) in [4.78, 5) is 0. The van der Waals surface area contributed by atoms with E-state index >= 15 is 0 Å². The van der Waals surface area contributed by atoms with E-state index in [0.717, 1.165) is 22.6 Å². The van der Waals surface area contributed by atoms with Crippen molar-refractivity contribution >= 4 is 5.69 Å². The number of hydrogen-bond donors (Lipinski definition) is 1. The number of aryl methyl sites for hydroxylation is 1. The molecule has 0 amide bonds. The number of anilines is 1. The lowest BCUT2D eigenvalue weighted by Crippen LogP contribution is -2.03. The van der Waals surface area contributed by atoms with Crippen molar-refractivity contribution in [1.82, 2.24) is 0 Å². The van der Waals surface area contributed by atoms with Gasteiger partial charge in [0.05, 0.1) is 18.7 Å². The predicted molar refractivity (Wildman–Crippen MR) is 76.2 cm³/mol. The van der Waals surface area contributed by atoms with Gasteiger partial charge in [-0.25, -0.2) is 4.39 Å². The van der Waals surface area contributed by atoms with E-state index in [0.29, 0.717) is 12.1 Å². The molecule has 0 aliphatic rings. The van der Waals surface area contributed by atoms with Gasteiger partial charge in [-0.3, -0.25) is 0 Å². The van der Waals surface area contributed by atoms with Gasteiger partial charge in [0.25, 0.3) is 0 Å². The van der Waals surface area contributed by atoms with E-state index < -0.39 is 0 Å². The molecular weight excluding hydrogens is 255 g/mol. The molecule has 0 fully saturated rings. The predicted octanol–water partition coefficient (Wildman–Crippen LogP) is 3.63. The molecular formula is C16H15FN2O. The highest BCUT2D eigenvalue weighted by Gasteiger charge is 2.06. The fraction of sp³-hybridized carbons (Fsp3) is 0.188. The Balaban J connectivity index is 2.20. The molecule has 0 aliphatic heterocycles. The summed E-state index contributed by atoms with van der Waals surface area (Å²) in [7, 11) is 1.59. The van der Waals surface area contributed by atoms with Crippen LogP contribution in [0.15, 0.2) is 36.4 Å². The zero-order valence-corrected chi connectivity index (χ0v) is 11.4. The maximum Gasteiger partial charge on any atom is 0.123 e. The van der Waals surface area contributed by atoms with Crippen LogP contribution in [-0.4, -0.2) is 7.11 Å². The number of nitriles is 1. The molecule has 0 saturated heterocycles. The van der Waals surface area contributed by atoms with Crippen molar-refractivity contribution in [3.05, 3.63) is 58.9 Å². The number of halogens is 1. The van der Waals surface area contributed by atoms with E-state index in [9.17, 15) is 4.39 Å². The molecule has 0 atom stereocenters. The maximum atomic E-state index is 13.0. The highest BCUT2D eigenvalue weighted by atomic mass is 19.1. The highest BCUT2D eigenvalue weighted by Crippen LogP contribution is 2.22. The highest BCUT2D eigenvalue weighted by molar-refractivity contribution is 5.52. The van der Waals surface area contributed by atoms with E-state index in [1.165, 1.54) is 12.1 Å². The first-order valence-corrected chi connectivity index (χ1v) is 6.21. The summed E-state index contributed by atoms with van der Waals surface area (Å²) in [6.07, 6.45) is 0. The van der Waals surface area contributed by atoms with Crippen LogP contribution in [-0.2, 0) is 6.54 Å². The second kappa shape index (κ2) is 6.07. The number of benzene rings is 2. The monoisotopic (exact) mass is 270 g/mol. The summed E-state index contributed by atoms with van der Waals surface area (Å²) in [5.74, 6) is 0.466. The van der Waals surface area contributed by atoms with E-state index in [2.05, 4.69) is 11.4 Å². The van der Waals surface area contributed by atoms with Gasteiger partial charge < -0.3 is 10.1 Å². The summed E-state index contributed by atoms with van der Waals surface area (Å²) in [6.45, 7) is 2.35. The SMILES string of the molecule is COc1ccc(C#N)cc1CNc1ccc(F)cc1C. The van der Waals surface area contributed by atoms with Crippen LogP contribution in [0.2, 0.25) is 0 Å². The average Bonchev–Trinajstić information content (AvgIpc) is 2.46. The minimum atomic E-state index is -0.253. The molecule has 0 spiro atoms. The first-order chi connectivity index (χ1) is 9.63. The Morgan fingerprint density at radius 2 is 2.05 bits per heavy atom. The number of nitrogens with one attached hydrogen (secondary N) is 1. The number of ether oxygens (including phenoxy) is 1. The van der Waals surface area contributed by atoms with Crippen LogP contribution in [0.1, 0.15) is 16.7 Å². The molecule has 0 saturated carbocycles. The van der Waals surface area contributed by atoms with Crippen molar-refractivity contribution in [1.29, 1.82) is 5.26 Å². The molecule has 4 heteroatoms.